The molecule has 1 saturated heterocycles. The summed E-state index contributed by atoms with van der Waals surface area (Å²) in [7, 11) is 1.60. The lowest BCUT2D eigenvalue weighted by Crippen LogP contribution is -2.51. The Morgan fingerprint density at radius 3 is 2.53 bits per heavy atom. The molecular weight excluding hydrogens is 254 g/mol. The Morgan fingerprint density at radius 2 is 2.00 bits per heavy atom. The van der Waals surface area contributed by atoms with Crippen molar-refractivity contribution in [3.8, 4) is 0 Å². The van der Waals surface area contributed by atoms with Crippen LogP contribution in [0.5, 0.6) is 0 Å². The zero-order chi connectivity index (χ0) is 13.8. The summed E-state index contributed by atoms with van der Waals surface area (Å²) in [4.78, 5) is 27.1. The SMILES string of the molecule is Cn1nnc(NC(=O)N2CCN(CC(=O)O)CC2)n1. The van der Waals surface area contributed by atoms with Crippen molar-refractivity contribution in [3.05, 3.63) is 0 Å². The topological polar surface area (TPSA) is 116 Å². The molecule has 1 aliphatic heterocycles. The van der Waals surface area contributed by atoms with Crippen LogP contribution in [0.4, 0.5) is 10.7 Å². The first-order valence-electron chi connectivity index (χ1n) is 5.78. The Bertz CT molecular complexity index is 466. The van der Waals surface area contributed by atoms with Crippen LogP contribution in [-0.2, 0) is 11.8 Å². The molecule has 19 heavy (non-hydrogen) atoms. The molecule has 1 aromatic heterocycles. The van der Waals surface area contributed by atoms with Gasteiger partial charge in [0.1, 0.15) is 0 Å². The minimum atomic E-state index is -0.860. The van der Waals surface area contributed by atoms with E-state index in [0.29, 0.717) is 26.2 Å². The molecule has 0 atom stereocenters. The normalized spacial score (nSPS) is 16.4. The Kier molecular flexibility index (Phi) is 3.90. The summed E-state index contributed by atoms with van der Waals surface area (Å²) in [6.45, 7) is 2.02. The second kappa shape index (κ2) is 5.61. The fraction of sp³-hybridized carbons (Fsp3) is 0.667. The molecule has 0 aliphatic carbocycles. The minimum absolute atomic E-state index is 0.00117. The van der Waals surface area contributed by atoms with E-state index in [9.17, 15) is 9.59 Å². The van der Waals surface area contributed by atoms with Crippen molar-refractivity contribution in [1.82, 2.24) is 30.0 Å². The molecule has 0 saturated carbocycles. The fourth-order valence-corrected chi connectivity index (χ4v) is 1.81. The number of carbonyl (C=O) groups excluding carboxylic acids is 1. The zero-order valence-corrected chi connectivity index (χ0v) is 10.5. The summed E-state index contributed by atoms with van der Waals surface area (Å²) >= 11 is 0. The molecule has 0 spiro atoms. The van der Waals surface area contributed by atoms with E-state index >= 15 is 0 Å². The molecule has 1 aromatic rings. The van der Waals surface area contributed by atoms with Gasteiger partial charge in [0, 0.05) is 26.2 Å². The highest BCUT2D eigenvalue weighted by Crippen LogP contribution is 2.04. The number of nitrogens with zero attached hydrogens (tertiary/aromatic N) is 6. The summed E-state index contributed by atoms with van der Waals surface area (Å²) < 4.78 is 0. The molecule has 2 N–H and O–H groups in total. The Morgan fingerprint density at radius 1 is 1.32 bits per heavy atom. The Balaban J connectivity index is 1.80. The van der Waals surface area contributed by atoms with Crippen LogP contribution in [0.3, 0.4) is 0 Å². The zero-order valence-electron chi connectivity index (χ0n) is 10.5. The molecule has 1 fully saturated rings. The van der Waals surface area contributed by atoms with Crippen LogP contribution in [0.1, 0.15) is 0 Å². The summed E-state index contributed by atoms with van der Waals surface area (Å²) in [6.07, 6.45) is 0. The smallest absolute Gasteiger partial charge is 0.324 e. The number of piperazine rings is 1. The standard InChI is InChI=1S/C9H15N7O3/c1-14-12-8(11-13-14)10-9(19)16-4-2-15(3-5-16)6-7(17)18/h2-6H2,1H3,(H,17,18)(H,10,12,19). The second-order valence-corrected chi connectivity index (χ2v) is 4.19. The van der Waals surface area contributed by atoms with E-state index in [1.54, 1.807) is 16.8 Å². The van der Waals surface area contributed by atoms with Gasteiger partial charge in [-0.1, -0.05) is 5.10 Å². The summed E-state index contributed by atoms with van der Waals surface area (Å²) in [6, 6.07) is -0.303. The van der Waals surface area contributed by atoms with Gasteiger partial charge in [-0.3, -0.25) is 15.0 Å². The number of hydrogen-bond acceptors (Lipinski definition) is 6. The molecule has 0 aromatic carbocycles. The van der Waals surface area contributed by atoms with Crippen LogP contribution < -0.4 is 5.32 Å². The molecule has 0 radical (unpaired) electrons. The lowest BCUT2D eigenvalue weighted by atomic mass is 10.3. The maximum absolute atomic E-state index is 11.9. The van der Waals surface area contributed by atoms with Crippen LogP contribution in [0.25, 0.3) is 0 Å². The van der Waals surface area contributed by atoms with Gasteiger partial charge in [-0.05, 0) is 5.21 Å². The van der Waals surface area contributed by atoms with Crippen molar-refractivity contribution >= 4 is 17.9 Å². The number of aliphatic carboxylic acids is 1. The van der Waals surface area contributed by atoms with E-state index in [4.69, 9.17) is 5.11 Å². The van der Waals surface area contributed by atoms with Gasteiger partial charge in [-0.2, -0.15) is 4.80 Å². The van der Waals surface area contributed by atoms with Crippen LogP contribution >= 0.6 is 0 Å². The average Bonchev–Trinajstić information content (AvgIpc) is 2.75. The van der Waals surface area contributed by atoms with Gasteiger partial charge in [0.2, 0.25) is 0 Å². The molecule has 2 heterocycles. The Hall–Kier alpha value is -2.23. The minimum Gasteiger partial charge on any atom is -0.480 e. The number of carboxylic acid groups (broad SMARTS) is 1. The maximum atomic E-state index is 11.9. The van der Waals surface area contributed by atoms with E-state index in [1.807, 2.05) is 0 Å². The van der Waals surface area contributed by atoms with E-state index in [-0.39, 0.29) is 18.5 Å². The van der Waals surface area contributed by atoms with E-state index in [1.165, 1.54) is 4.80 Å². The summed E-state index contributed by atoms with van der Waals surface area (Å²) in [5.74, 6) is -0.706. The molecule has 1 aliphatic rings. The number of aromatic nitrogens is 4. The predicted octanol–water partition coefficient (Wildman–Crippen LogP) is -1.56. The first kappa shape index (κ1) is 13.2. The van der Waals surface area contributed by atoms with Crippen LogP contribution in [0, 0.1) is 0 Å². The number of carbonyl (C=O) groups is 2. The highest BCUT2D eigenvalue weighted by atomic mass is 16.4. The van der Waals surface area contributed by atoms with Crippen molar-refractivity contribution < 1.29 is 14.7 Å². The number of anilines is 1. The van der Waals surface area contributed by atoms with Crippen molar-refractivity contribution in [1.29, 1.82) is 0 Å². The van der Waals surface area contributed by atoms with Gasteiger partial charge in [0.05, 0.1) is 13.6 Å². The van der Waals surface area contributed by atoms with Gasteiger partial charge in [0.25, 0.3) is 5.95 Å². The number of urea groups is 1. The second-order valence-electron chi connectivity index (χ2n) is 4.19. The molecule has 10 nitrogen and oxygen atoms in total. The number of amides is 2. The molecule has 10 heteroatoms. The third-order valence-corrected chi connectivity index (χ3v) is 2.75. The fourth-order valence-electron chi connectivity index (χ4n) is 1.81. The number of carboxylic acids is 1. The van der Waals surface area contributed by atoms with Gasteiger partial charge in [0.15, 0.2) is 0 Å². The highest BCUT2D eigenvalue weighted by molar-refractivity contribution is 5.87. The number of nitrogens with one attached hydrogen (secondary N) is 1. The van der Waals surface area contributed by atoms with Crippen molar-refractivity contribution in [2.45, 2.75) is 0 Å². The monoisotopic (exact) mass is 269 g/mol. The lowest BCUT2D eigenvalue weighted by molar-refractivity contribution is -0.138. The van der Waals surface area contributed by atoms with Crippen LogP contribution in [0.2, 0.25) is 0 Å². The molecular formula is C9H15N7O3. The number of tetrazole rings is 1. The molecule has 2 amide bonds. The number of aryl methyl sites for hydroxylation is 1. The largest absolute Gasteiger partial charge is 0.480 e. The first-order valence-corrected chi connectivity index (χ1v) is 5.78. The van der Waals surface area contributed by atoms with Crippen LogP contribution in [-0.4, -0.2) is 79.8 Å². The maximum Gasteiger partial charge on any atom is 0.324 e. The quantitative estimate of drug-likeness (QED) is 0.681. The van der Waals surface area contributed by atoms with Gasteiger partial charge in [-0.15, -0.1) is 5.10 Å². The highest BCUT2D eigenvalue weighted by Gasteiger charge is 2.22. The third kappa shape index (κ3) is 3.61. The molecule has 0 unspecified atom stereocenters. The number of hydrogen-bond donors (Lipinski definition) is 2. The Labute approximate surface area is 109 Å². The average molecular weight is 269 g/mol. The first-order chi connectivity index (χ1) is 9.04. The van der Waals surface area contributed by atoms with Gasteiger partial charge >= 0.3 is 12.0 Å². The molecule has 0 bridgehead atoms. The van der Waals surface area contributed by atoms with Crippen molar-refractivity contribution in [3.63, 3.8) is 0 Å². The van der Waals surface area contributed by atoms with E-state index < -0.39 is 5.97 Å². The lowest BCUT2D eigenvalue weighted by Gasteiger charge is -2.33. The van der Waals surface area contributed by atoms with Gasteiger partial charge in [-0.25, -0.2) is 4.79 Å². The number of rotatable bonds is 3. The van der Waals surface area contributed by atoms with Crippen LogP contribution in [0.15, 0.2) is 0 Å². The summed E-state index contributed by atoms with van der Waals surface area (Å²) in [5.41, 5.74) is 0. The third-order valence-electron chi connectivity index (χ3n) is 2.75. The van der Waals surface area contributed by atoms with E-state index in [2.05, 4.69) is 20.7 Å². The molecule has 104 valence electrons. The predicted molar refractivity (Wildman–Crippen MR) is 63.5 cm³/mol. The summed E-state index contributed by atoms with van der Waals surface area (Å²) in [5, 5.41) is 22.3. The van der Waals surface area contributed by atoms with E-state index in [0.717, 1.165) is 0 Å². The van der Waals surface area contributed by atoms with Gasteiger partial charge < -0.3 is 10.0 Å². The molecule has 2 rings (SSSR count). The van der Waals surface area contributed by atoms with Crippen molar-refractivity contribution in [2.24, 2.45) is 7.05 Å². The van der Waals surface area contributed by atoms with Crippen molar-refractivity contribution in [2.75, 3.05) is 38.0 Å².